The lowest BCUT2D eigenvalue weighted by Crippen LogP contribution is -2.24. The van der Waals surface area contributed by atoms with Gasteiger partial charge in [-0.1, -0.05) is 25.7 Å². The number of hydrogen-bond donors (Lipinski definition) is 2. The molecule has 2 heterocycles. The summed E-state index contributed by atoms with van der Waals surface area (Å²) in [6.45, 7) is 0. The first-order chi connectivity index (χ1) is 9.13. The van der Waals surface area contributed by atoms with Gasteiger partial charge in [0.2, 0.25) is 5.71 Å². The second-order valence-electron chi connectivity index (χ2n) is 5.06. The summed E-state index contributed by atoms with van der Waals surface area (Å²) in [5.74, 6) is 0.497. The van der Waals surface area contributed by atoms with Crippen LogP contribution in [0.15, 0.2) is 24.9 Å². The maximum Gasteiger partial charge on any atom is 0.337 e. The van der Waals surface area contributed by atoms with Gasteiger partial charge < -0.3 is 4.42 Å². The summed E-state index contributed by atoms with van der Waals surface area (Å²) in [4.78, 5) is 39.1. The molecule has 0 saturated heterocycles. The Morgan fingerprint density at radius 3 is 2.63 bits per heavy atom. The normalized spacial score (nSPS) is 16.2. The lowest BCUT2D eigenvalue weighted by atomic mass is 9.97. The quantitative estimate of drug-likeness (QED) is 0.840. The molecule has 19 heavy (non-hydrogen) atoms. The molecule has 0 radical (unpaired) electrons. The number of aromatic nitrogens is 2. The van der Waals surface area contributed by atoms with Gasteiger partial charge >= 0.3 is 11.3 Å². The summed E-state index contributed by atoms with van der Waals surface area (Å²) >= 11 is 0. The van der Waals surface area contributed by atoms with Crippen molar-refractivity contribution in [3.63, 3.8) is 0 Å². The Morgan fingerprint density at radius 2 is 1.89 bits per heavy atom. The van der Waals surface area contributed by atoms with E-state index >= 15 is 0 Å². The van der Waals surface area contributed by atoms with Gasteiger partial charge in [0, 0.05) is 6.07 Å². The highest BCUT2D eigenvalue weighted by Crippen LogP contribution is 2.28. The fraction of sp³-hybridized carbons (Fsp3) is 0.462. The topological polar surface area (TPSA) is 95.9 Å². The van der Waals surface area contributed by atoms with Gasteiger partial charge in [-0.2, -0.15) is 0 Å². The Balaban J connectivity index is 2.19. The Labute approximate surface area is 107 Å². The fourth-order valence-electron chi connectivity index (χ4n) is 2.86. The molecule has 0 bridgehead atoms. The molecule has 2 N–H and O–H groups in total. The second-order valence-corrected chi connectivity index (χ2v) is 5.06. The molecule has 0 amide bonds. The molecule has 3 rings (SSSR count). The molecule has 2 aromatic heterocycles. The molecule has 0 aliphatic heterocycles. The minimum absolute atomic E-state index is 0.0331. The molecule has 0 spiro atoms. The van der Waals surface area contributed by atoms with E-state index in [9.17, 15) is 14.4 Å². The van der Waals surface area contributed by atoms with Crippen molar-refractivity contribution in [2.45, 2.75) is 32.1 Å². The Bertz CT molecular complexity index is 772. The lowest BCUT2D eigenvalue weighted by Gasteiger charge is -2.09. The van der Waals surface area contributed by atoms with Crippen LogP contribution in [0.2, 0.25) is 0 Å². The zero-order valence-corrected chi connectivity index (χ0v) is 10.3. The van der Waals surface area contributed by atoms with Crippen molar-refractivity contribution in [1.82, 2.24) is 9.97 Å². The van der Waals surface area contributed by atoms with Gasteiger partial charge in [0.25, 0.3) is 5.56 Å². The molecule has 1 aliphatic carbocycles. The minimum Gasteiger partial charge on any atom is -0.405 e. The summed E-state index contributed by atoms with van der Waals surface area (Å²) in [6.07, 6.45) is 5.29. The van der Waals surface area contributed by atoms with E-state index in [4.69, 9.17) is 4.42 Å². The highest BCUT2D eigenvalue weighted by molar-refractivity contribution is 5.75. The minimum atomic E-state index is -0.668. The van der Waals surface area contributed by atoms with Gasteiger partial charge in [0.05, 0.1) is 0 Å². The van der Waals surface area contributed by atoms with Crippen molar-refractivity contribution in [2.75, 3.05) is 0 Å². The molecule has 6 nitrogen and oxygen atoms in total. The summed E-state index contributed by atoms with van der Waals surface area (Å²) in [5, 5.41) is 0.283. The van der Waals surface area contributed by atoms with Crippen LogP contribution in [-0.2, 0) is 6.42 Å². The van der Waals surface area contributed by atoms with Crippen molar-refractivity contribution in [2.24, 2.45) is 5.92 Å². The molecule has 1 aliphatic rings. The molecule has 6 heteroatoms. The molecule has 0 unspecified atom stereocenters. The first-order valence-corrected chi connectivity index (χ1v) is 6.43. The number of hydrogen-bond acceptors (Lipinski definition) is 4. The van der Waals surface area contributed by atoms with E-state index in [-0.39, 0.29) is 11.1 Å². The van der Waals surface area contributed by atoms with Crippen molar-refractivity contribution in [3.8, 4) is 0 Å². The lowest BCUT2D eigenvalue weighted by molar-refractivity contribution is 0.526. The van der Waals surface area contributed by atoms with Gasteiger partial charge in [-0.15, -0.1) is 0 Å². The molecular weight excluding hydrogens is 248 g/mol. The van der Waals surface area contributed by atoms with Crippen molar-refractivity contribution < 1.29 is 4.42 Å². The highest BCUT2D eigenvalue weighted by Gasteiger charge is 2.19. The molecule has 100 valence electrons. The van der Waals surface area contributed by atoms with Crippen LogP contribution in [0.25, 0.3) is 11.1 Å². The Hall–Kier alpha value is -2.11. The van der Waals surface area contributed by atoms with Crippen LogP contribution in [0, 0.1) is 5.92 Å². The number of nitrogens with one attached hydrogen (secondary N) is 2. The third-order valence-corrected chi connectivity index (χ3v) is 3.71. The van der Waals surface area contributed by atoms with E-state index < -0.39 is 16.9 Å². The molecular formula is C13H14N2O4. The van der Waals surface area contributed by atoms with Crippen LogP contribution in [0.3, 0.4) is 0 Å². The predicted octanol–water partition coefficient (Wildman–Crippen LogP) is 0.902. The molecule has 0 aromatic carbocycles. The fourth-order valence-corrected chi connectivity index (χ4v) is 2.86. The van der Waals surface area contributed by atoms with E-state index in [0.717, 1.165) is 12.8 Å². The zero-order chi connectivity index (χ0) is 13.4. The van der Waals surface area contributed by atoms with Crippen LogP contribution in [-0.4, -0.2) is 9.97 Å². The number of rotatable bonds is 2. The molecule has 1 fully saturated rings. The Morgan fingerprint density at radius 1 is 1.16 bits per heavy atom. The van der Waals surface area contributed by atoms with E-state index in [1.165, 1.54) is 18.9 Å². The SMILES string of the molecule is O=c1[nH]c(=O)c2c(CC3CCCC3)cc(=O)oc2[nH]1. The predicted molar refractivity (Wildman–Crippen MR) is 69.4 cm³/mol. The third-order valence-electron chi connectivity index (χ3n) is 3.71. The maximum atomic E-state index is 11.9. The number of fused-ring (bicyclic) bond motifs is 1. The van der Waals surface area contributed by atoms with Crippen LogP contribution < -0.4 is 16.9 Å². The van der Waals surface area contributed by atoms with Crippen LogP contribution >= 0.6 is 0 Å². The van der Waals surface area contributed by atoms with Crippen LogP contribution in [0.4, 0.5) is 0 Å². The highest BCUT2D eigenvalue weighted by atomic mass is 16.4. The molecule has 1 saturated carbocycles. The second kappa shape index (κ2) is 4.53. The third kappa shape index (κ3) is 2.25. The smallest absolute Gasteiger partial charge is 0.337 e. The summed E-state index contributed by atoms with van der Waals surface area (Å²) in [6, 6.07) is 1.36. The maximum absolute atomic E-state index is 11.9. The van der Waals surface area contributed by atoms with Crippen LogP contribution in [0.5, 0.6) is 0 Å². The van der Waals surface area contributed by atoms with E-state index in [1.807, 2.05) is 0 Å². The number of H-pyrrole nitrogens is 2. The average molecular weight is 262 g/mol. The van der Waals surface area contributed by atoms with E-state index in [1.54, 1.807) is 0 Å². The van der Waals surface area contributed by atoms with Crippen molar-refractivity contribution in [1.29, 1.82) is 0 Å². The van der Waals surface area contributed by atoms with Crippen molar-refractivity contribution in [3.05, 3.63) is 42.9 Å². The Kier molecular flexibility index (Phi) is 2.85. The summed E-state index contributed by atoms with van der Waals surface area (Å²) in [5.41, 5.74) is -1.08. The molecule has 2 aromatic rings. The molecule has 0 atom stereocenters. The summed E-state index contributed by atoms with van der Waals surface area (Å²) < 4.78 is 4.90. The zero-order valence-electron chi connectivity index (χ0n) is 10.3. The largest absolute Gasteiger partial charge is 0.405 e. The van der Waals surface area contributed by atoms with Gasteiger partial charge in [-0.05, 0) is 17.9 Å². The monoisotopic (exact) mass is 262 g/mol. The van der Waals surface area contributed by atoms with Crippen LogP contribution in [0.1, 0.15) is 31.2 Å². The average Bonchev–Trinajstić information content (AvgIpc) is 2.79. The van der Waals surface area contributed by atoms with Crippen molar-refractivity contribution >= 4 is 11.1 Å². The van der Waals surface area contributed by atoms with E-state index in [0.29, 0.717) is 17.9 Å². The van der Waals surface area contributed by atoms with Gasteiger partial charge in [0.15, 0.2) is 0 Å². The van der Waals surface area contributed by atoms with Gasteiger partial charge in [-0.25, -0.2) is 9.59 Å². The first kappa shape index (κ1) is 12.0. The van der Waals surface area contributed by atoms with E-state index in [2.05, 4.69) is 9.97 Å². The van der Waals surface area contributed by atoms with Gasteiger partial charge in [-0.3, -0.25) is 14.8 Å². The number of aromatic amines is 2. The summed E-state index contributed by atoms with van der Waals surface area (Å²) in [7, 11) is 0. The standard InChI is InChI=1S/C13H14N2O4/c16-9-6-8(5-7-3-1-2-4-7)10-11(17)14-13(18)15-12(10)19-9/h6-7H,1-5H2,(H2,14,15,17,18). The first-order valence-electron chi connectivity index (χ1n) is 6.43. The van der Waals surface area contributed by atoms with Gasteiger partial charge in [0.1, 0.15) is 5.39 Å².